The third-order valence-electron chi connectivity index (χ3n) is 3.00. The fraction of sp³-hybridized carbons (Fsp3) is 0.833. The van der Waals surface area contributed by atoms with Gasteiger partial charge in [-0.2, -0.15) is 0 Å². The summed E-state index contributed by atoms with van der Waals surface area (Å²) in [6, 6.07) is 0.154. The van der Waals surface area contributed by atoms with E-state index >= 15 is 0 Å². The summed E-state index contributed by atoms with van der Waals surface area (Å²) >= 11 is 0. The van der Waals surface area contributed by atoms with E-state index in [-0.39, 0.29) is 30.5 Å². The van der Waals surface area contributed by atoms with Gasteiger partial charge in [0.2, 0.25) is 5.91 Å². The molecule has 0 bridgehead atoms. The van der Waals surface area contributed by atoms with E-state index in [1.807, 2.05) is 25.7 Å². The van der Waals surface area contributed by atoms with Gasteiger partial charge in [-0.25, -0.2) is 0 Å². The maximum Gasteiger partial charge on any atom is 0.319 e. The van der Waals surface area contributed by atoms with E-state index in [0.717, 1.165) is 12.8 Å². The summed E-state index contributed by atoms with van der Waals surface area (Å²) in [4.78, 5) is 25.0. The van der Waals surface area contributed by atoms with Gasteiger partial charge >= 0.3 is 5.97 Å². The molecule has 1 aliphatic rings. The lowest BCUT2D eigenvalue weighted by molar-refractivity contribution is -0.144. The molecule has 0 radical (unpaired) electrons. The van der Waals surface area contributed by atoms with Crippen molar-refractivity contribution in [1.82, 2.24) is 10.2 Å². The highest BCUT2D eigenvalue weighted by molar-refractivity contribution is 5.82. The maximum atomic E-state index is 11.9. The summed E-state index contributed by atoms with van der Waals surface area (Å²) in [5.41, 5.74) is 0. The molecule has 17 heavy (non-hydrogen) atoms. The van der Waals surface area contributed by atoms with Crippen LogP contribution in [0.5, 0.6) is 0 Å². The second kappa shape index (κ2) is 6.00. The lowest BCUT2D eigenvalue weighted by Gasteiger charge is -2.30. The van der Waals surface area contributed by atoms with Gasteiger partial charge in [0.1, 0.15) is 0 Å². The van der Waals surface area contributed by atoms with Gasteiger partial charge in [-0.05, 0) is 33.6 Å². The Labute approximate surface area is 102 Å². The normalized spacial score (nSPS) is 17.1. The van der Waals surface area contributed by atoms with Gasteiger partial charge in [0.15, 0.2) is 0 Å². The van der Waals surface area contributed by atoms with Crippen molar-refractivity contribution in [3.05, 3.63) is 0 Å². The van der Waals surface area contributed by atoms with Gasteiger partial charge < -0.3 is 10.1 Å². The van der Waals surface area contributed by atoms with E-state index in [0.29, 0.717) is 6.04 Å². The average molecular weight is 242 g/mol. The molecule has 0 aromatic heterocycles. The van der Waals surface area contributed by atoms with E-state index in [9.17, 15) is 9.59 Å². The third kappa shape index (κ3) is 4.34. The van der Waals surface area contributed by atoms with Crippen molar-refractivity contribution in [1.29, 1.82) is 0 Å². The van der Waals surface area contributed by atoms with Gasteiger partial charge in [0.25, 0.3) is 0 Å². The second-order valence-corrected chi connectivity index (χ2v) is 4.80. The minimum absolute atomic E-state index is 0.00916. The summed E-state index contributed by atoms with van der Waals surface area (Å²) in [6.45, 7) is 5.89. The van der Waals surface area contributed by atoms with Crippen LogP contribution in [-0.2, 0) is 14.3 Å². The molecule has 1 fully saturated rings. The molecule has 0 aliphatic heterocycles. The minimum atomic E-state index is -0.315. The van der Waals surface area contributed by atoms with Gasteiger partial charge in [-0.1, -0.05) is 0 Å². The van der Waals surface area contributed by atoms with Gasteiger partial charge in [0, 0.05) is 12.1 Å². The number of hydrogen-bond acceptors (Lipinski definition) is 4. The number of hydrogen-bond donors (Lipinski definition) is 1. The maximum absolute atomic E-state index is 11.9. The van der Waals surface area contributed by atoms with E-state index in [4.69, 9.17) is 0 Å². The first kappa shape index (κ1) is 14.0. The lowest BCUT2D eigenvalue weighted by Crippen LogP contribution is -2.50. The molecule has 1 amide bonds. The molecule has 1 saturated carbocycles. The fourth-order valence-electron chi connectivity index (χ4n) is 1.68. The fourth-order valence-corrected chi connectivity index (χ4v) is 1.68. The van der Waals surface area contributed by atoms with Crippen LogP contribution in [0.2, 0.25) is 0 Å². The highest BCUT2D eigenvalue weighted by Gasteiger charge is 2.30. The largest absolute Gasteiger partial charge is 0.468 e. The number of nitrogens with zero attached hydrogens (tertiary/aromatic N) is 1. The predicted molar refractivity (Wildman–Crippen MR) is 64.5 cm³/mol. The molecular weight excluding hydrogens is 220 g/mol. The zero-order valence-corrected chi connectivity index (χ0v) is 11.0. The van der Waals surface area contributed by atoms with Crippen molar-refractivity contribution in [3.8, 4) is 0 Å². The monoisotopic (exact) mass is 242 g/mol. The SMILES string of the molecule is COC(=O)CN(C(C)C)C(C)C(=O)NC1CC1. The molecule has 0 heterocycles. The van der Waals surface area contributed by atoms with Crippen LogP contribution in [0.3, 0.4) is 0 Å². The summed E-state index contributed by atoms with van der Waals surface area (Å²) in [5, 5.41) is 2.95. The van der Waals surface area contributed by atoms with Crippen molar-refractivity contribution in [2.45, 2.75) is 51.7 Å². The Morgan fingerprint density at radius 2 is 1.94 bits per heavy atom. The van der Waals surface area contributed by atoms with Crippen LogP contribution in [-0.4, -0.2) is 48.6 Å². The van der Waals surface area contributed by atoms with Crippen molar-refractivity contribution < 1.29 is 14.3 Å². The Kier molecular flexibility index (Phi) is 4.93. The molecule has 1 atom stereocenters. The lowest BCUT2D eigenvalue weighted by atomic mass is 10.2. The van der Waals surface area contributed by atoms with Crippen molar-refractivity contribution >= 4 is 11.9 Å². The average Bonchev–Trinajstić information content (AvgIpc) is 3.07. The molecule has 0 aromatic carbocycles. The number of amides is 1. The van der Waals surface area contributed by atoms with Crippen LogP contribution < -0.4 is 5.32 Å². The standard InChI is InChI=1S/C12H22N2O3/c1-8(2)14(7-11(15)17-4)9(3)12(16)13-10-5-6-10/h8-10H,5-7H2,1-4H3,(H,13,16). The summed E-state index contributed by atoms with van der Waals surface area (Å²) in [7, 11) is 1.36. The van der Waals surface area contributed by atoms with Crippen LogP contribution in [0, 0.1) is 0 Å². The van der Waals surface area contributed by atoms with Gasteiger partial charge in [-0.15, -0.1) is 0 Å². The number of ether oxygens (including phenoxy) is 1. The Bertz CT molecular complexity index is 287. The van der Waals surface area contributed by atoms with Crippen LogP contribution in [0.25, 0.3) is 0 Å². The first-order valence-corrected chi connectivity index (χ1v) is 6.08. The number of esters is 1. The third-order valence-corrected chi connectivity index (χ3v) is 3.00. The Morgan fingerprint density at radius 1 is 1.35 bits per heavy atom. The molecule has 98 valence electrons. The first-order valence-electron chi connectivity index (χ1n) is 6.08. The molecule has 5 heteroatoms. The quantitative estimate of drug-likeness (QED) is 0.691. The molecule has 5 nitrogen and oxygen atoms in total. The predicted octanol–water partition coefficient (Wildman–Crippen LogP) is 0.537. The molecule has 1 rings (SSSR count). The number of nitrogens with one attached hydrogen (secondary N) is 1. The van der Waals surface area contributed by atoms with Crippen LogP contribution >= 0.6 is 0 Å². The smallest absolute Gasteiger partial charge is 0.319 e. The number of carbonyl (C=O) groups excluding carboxylic acids is 2. The molecule has 0 spiro atoms. The van der Waals surface area contributed by atoms with E-state index < -0.39 is 0 Å². The van der Waals surface area contributed by atoms with E-state index in [1.165, 1.54) is 7.11 Å². The van der Waals surface area contributed by atoms with E-state index in [2.05, 4.69) is 10.1 Å². The molecule has 0 saturated heterocycles. The topological polar surface area (TPSA) is 58.6 Å². The first-order chi connectivity index (χ1) is 7.95. The van der Waals surface area contributed by atoms with Crippen LogP contribution in [0.4, 0.5) is 0 Å². The zero-order chi connectivity index (χ0) is 13.0. The number of rotatable bonds is 6. The molecule has 1 N–H and O–H groups in total. The minimum Gasteiger partial charge on any atom is -0.468 e. The Morgan fingerprint density at radius 3 is 2.35 bits per heavy atom. The molecule has 1 aliphatic carbocycles. The second-order valence-electron chi connectivity index (χ2n) is 4.80. The van der Waals surface area contributed by atoms with E-state index in [1.54, 1.807) is 0 Å². The van der Waals surface area contributed by atoms with Crippen LogP contribution in [0.1, 0.15) is 33.6 Å². The molecular formula is C12H22N2O3. The van der Waals surface area contributed by atoms with Gasteiger partial charge in [-0.3, -0.25) is 14.5 Å². The zero-order valence-electron chi connectivity index (χ0n) is 11.0. The number of methoxy groups -OCH3 is 1. The molecule has 1 unspecified atom stereocenters. The highest BCUT2D eigenvalue weighted by Crippen LogP contribution is 2.19. The highest BCUT2D eigenvalue weighted by atomic mass is 16.5. The summed E-state index contributed by atoms with van der Waals surface area (Å²) in [5.74, 6) is -0.324. The Hall–Kier alpha value is -1.10. The van der Waals surface area contributed by atoms with Crippen LogP contribution in [0.15, 0.2) is 0 Å². The van der Waals surface area contributed by atoms with Crippen molar-refractivity contribution in [3.63, 3.8) is 0 Å². The number of carbonyl (C=O) groups is 2. The van der Waals surface area contributed by atoms with Crippen molar-refractivity contribution in [2.24, 2.45) is 0 Å². The van der Waals surface area contributed by atoms with Gasteiger partial charge in [0.05, 0.1) is 19.7 Å². The summed E-state index contributed by atoms with van der Waals surface area (Å²) in [6.07, 6.45) is 2.13. The summed E-state index contributed by atoms with van der Waals surface area (Å²) < 4.78 is 4.64. The van der Waals surface area contributed by atoms with Crippen molar-refractivity contribution in [2.75, 3.05) is 13.7 Å². The Balaban J connectivity index is 2.54. The molecule has 0 aromatic rings.